The molecule has 17 heavy (non-hydrogen) atoms. The first kappa shape index (κ1) is 13.5. The van der Waals surface area contributed by atoms with E-state index < -0.39 is 6.10 Å². The van der Waals surface area contributed by atoms with E-state index in [4.69, 9.17) is 4.74 Å². The number of rotatable bonds is 7. The third-order valence-corrected chi connectivity index (χ3v) is 2.28. The van der Waals surface area contributed by atoms with Gasteiger partial charge in [-0.05, 0) is 25.6 Å². The number of nitrogens with one attached hydrogen (secondary N) is 2. The fourth-order valence-electron chi connectivity index (χ4n) is 1.35. The van der Waals surface area contributed by atoms with Gasteiger partial charge < -0.3 is 15.4 Å². The van der Waals surface area contributed by atoms with E-state index in [1.165, 1.54) is 0 Å². The molecule has 1 rings (SSSR count). The van der Waals surface area contributed by atoms with Crippen molar-refractivity contribution in [3.63, 3.8) is 0 Å². The van der Waals surface area contributed by atoms with Crippen molar-refractivity contribution in [3.8, 4) is 5.75 Å². The van der Waals surface area contributed by atoms with Crippen molar-refractivity contribution in [3.05, 3.63) is 30.3 Å². The molecule has 0 heterocycles. The summed E-state index contributed by atoms with van der Waals surface area (Å²) >= 11 is 0. The third kappa shape index (κ3) is 5.36. The maximum absolute atomic E-state index is 11.6. The first-order valence-corrected chi connectivity index (χ1v) is 5.94. The molecule has 0 aliphatic heterocycles. The first-order chi connectivity index (χ1) is 8.24. The van der Waals surface area contributed by atoms with Gasteiger partial charge in [0.2, 0.25) is 0 Å². The molecule has 0 aromatic heterocycles. The van der Waals surface area contributed by atoms with Crippen LogP contribution in [-0.2, 0) is 4.79 Å². The molecule has 0 aliphatic carbocycles. The van der Waals surface area contributed by atoms with E-state index in [2.05, 4.69) is 10.6 Å². The Bertz CT molecular complexity index is 327. The Morgan fingerprint density at radius 1 is 1.29 bits per heavy atom. The average molecular weight is 236 g/mol. The third-order valence-electron chi connectivity index (χ3n) is 2.28. The zero-order chi connectivity index (χ0) is 12.5. The van der Waals surface area contributed by atoms with Crippen molar-refractivity contribution in [1.29, 1.82) is 0 Å². The van der Waals surface area contributed by atoms with Crippen molar-refractivity contribution in [1.82, 2.24) is 10.6 Å². The average Bonchev–Trinajstić information content (AvgIpc) is 2.35. The van der Waals surface area contributed by atoms with E-state index in [9.17, 15) is 4.79 Å². The standard InChI is InChI=1S/C13H20N2O2/c1-3-14-9-10-15-13(16)11(2)17-12-7-5-4-6-8-12/h4-8,11,14H,3,9-10H2,1-2H3,(H,15,16). The van der Waals surface area contributed by atoms with Crippen LogP contribution in [0.3, 0.4) is 0 Å². The second kappa shape index (κ2) is 7.68. The SMILES string of the molecule is CCNCCNC(=O)C(C)Oc1ccccc1. The number of benzene rings is 1. The van der Waals surface area contributed by atoms with Crippen LogP contribution in [0.1, 0.15) is 13.8 Å². The molecule has 1 amide bonds. The lowest BCUT2D eigenvalue weighted by Crippen LogP contribution is -2.39. The highest BCUT2D eigenvalue weighted by atomic mass is 16.5. The van der Waals surface area contributed by atoms with Crippen molar-refractivity contribution >= 4 is 5.91 Å². The molecular formula is C13H20N2O2. The van der Waals surface area contributed by atoms with Crippen LogP contribution in [0.4, 0.5) is 0 Å². The Labute approximate surface area is 102 Å². The quantitative estimate of drug-likeness (QED) is 0.699. The molecule has 0 fully saturated rings. The molecule has 2 N–H and O–H groups in total. The lowest BCUT2D eigenvalue weighted by molar-refractivity contribution is -0.127. The predicted octanol–water partition coefficient (Wildman–Crippen LogP) is 1.18. The smallest absolute Gasteiger partial charge is 0.260 e. The molecule has 1 aromatic carbocycles. The Morgan fingerprint density at radius 2 is 2.00 bits per heavy atom. The Kier molecular flexibility index (Phi) is 6.10. The largest absolute Gasteiger partial charge is 0.481 e. The summed E-state index contributed by atoms with van der Waals surface area (Å²) in [6, 6.07) is 9.34. The Hall–Kier alpha value is -1.55. The molecule has 4 heteroatoms. The van der Waals surface area contributed by atoms with Crippen molar-refractivity contribution in [2.45, 2.75) is 20.0 Å². The van der Waals surface area contributed by atoms with Crippen LogP contribution in [0.25, 0.3) is 0 Å². The number of likely N-dealkylation sites (N-methyl/N-ethyl adjacent to an activating group) is 1. The van der Waals surface area contributed by atoms with Gasteiger partial charge in [0.15, 0.2) is 6.10 Å². The summed E-state index contributed by atoms with van der Waals surface area (Å²) < 4.78 is 5.50. The van der Waals surface area contributed by atoms with E-state index in [1.54, 1.807) is 6.92 Å². The van der Waals surface area contributed by atoms with Gasteiger partial charge >= 0.3 is 0 Å². The fourth-order valence-corrected chi connectivity index (χ4v) is 1.35. The number of ether oxygens (including phenoxy) is 1. The minimum absolute atomic E-state index is 0.0910. The van der Waals surface area contributed by atoms with Gasteiger partial charge in [0.25, 0.3) is 5.91 Å². The summed E-state index contributed by atoms with van der Waals surface area (Å²) in [5.74, 6) is 0.619. The number of carbonyl (C=O) groups excluding carboxylic acids is 1. The van der Waals surface area contributed by atoms with Crippen molar-refractivity contribution in [2.24, 2.45) is 0 Å². The summed E-state index contributed by atoms with van der Waals surface area (Å²) in [5, 5.41) is 5.95. The summed E-state index contributed by atoms with van der Waals surface area (Å²) in [5.41, 5.74) is 0. The van der Waals surface area contributed by atoms with Crippen LogP contribution in [0.2, 0.25) is 0 Å². The van der Waals surface area contributed by atoms with E-state index >= 15 is 0 Å². The maximum Gasteiger partial charge on any atom is 0.260 e. The fraction of sp³-hybridized carbons (Fsp3) is 0.462. The number of hydrogen-bond acceptors (Lipinski definition) is 3. The second-order valence-electron chi connectivity index (χ2n) is 3.72. The van der Waals surface area contributed by atoms with E-state index in [0.29, 0.717) is 12.3 Å². The first-order valence-electron chi connectivity index (χ1n) is 5.94. The highest BCUT2D eigenvalue weighted by Crippen LogP contribution is 2.10. The molecule has 0 saturated heterocycles. The lowest BCUT2D eigenvalue weighted by Gasteiger charge is -2.14. The normalized spacial score (nSPS) is 11.9. The number of hydrogen-bond donors (Lipinski definition) is 2. The minimum atomic E-state index is -0.473. The topological polar surface area (TPSA) is 50.4 Å². The molecule has 0 spiro atoms. The molecule has 0 bridgehead atoms. The summed E-state index contributed by atoms with van der Waals surface area (Å²) in [6.45, 7) is 6.08. The van der Waals surface area contributed by atoms with E-state index in [0.717, 1.165) is 13.1 Å². The Morgan fingerprint density at radius 3 is 2.65 bits per heavy atom. The molecule has 0 radical (unpaired) electrons. The van der Waals surface area contributed by atoms with E-state index in [1.807, 2.05) is 37.3 Å². The molecule has 0 aliphatic rings. The Balaban J connectivity index is 2.27. The molecule has 1 atom stereocenters. The van der Waals surface area contributed by atoms with Crippen LogP contribution < -0.4 is 15.4 Å². The highest BCUT2D eigenvalue weighted by molar-refractivity contribution is 5.80. The minimum Gasteiger partial charge on any atom is -0.481 e. The zero-order valence-corrected chi connectivity index (χ0v) is 10.4. The van der Waals surface area contributed by atoms with Crippen molar-refractivity contribution in [2.75, 3.05) is 19.6 Å². The molecule has 1 unspecified atom stereocenters. The molecule has 1 aromatic rings. The van der Waals surface area contributed by atoms with E-state index in [-0.39, 0.29) is 5.91 Å². The molecule has 0 saturated carbocycles. The summed E-state index contributed by atoms with van der Waals surface area (Å²) in [4.78, 5) is 11.6. The molecule has 4 nitrogen and oxygen atoms in total. The number of para-hydroxylation sites is 1. The number of amides is 1. The zero-order valence-electron chi connectivity index (χ0n) is 10.4. The van der Waals surface area contributed by atoms with Gasteiger partial charge in [-0.1, -0.05) is 25.1 Å². The predicted molar refractivity (Wildman–Crippen MR) is 68.1 cm³/mol. The van der Waals surface area contributed by atoms with Crippen LogP contribution in [0.15, 0.2) is 30.3 Å². The van der Waals surface area contributed by atoms with Crippen LogP contribution in [0, 0.1) is 0 Å². The van der Waals surface area contributed by atoms with Crippen molar-refractivity contribution < 1.29 is 9.53 Å². The second-order valence-corrected chi connectivity index (χ2v) is 3.72. The summed E-state index contributed by atoms with van der Waals surface area (Å²) in [7, 11) is 0. The van der Waals surface area contributed by atoms with Gasteiger partial charge in [0, 0.05) is 13.1 Å². The van der Waals surface area contributed by atoms with Crippen LogP contribution in [0.5, 0.6) is 5.75 Å². The molecular weight excluding hydrogens is 216 g/mol. The van der Waals surface area contributed by atoms with Gasteiger partial charge in [0.05, 0.1) is 0 Å². The van der Waals surface area contributed by atoms with Gasteiger partial charge in [-0.2, -0.15) is 0 Å². The highest BCUT2D eigenvalue weighted by Gasteiger charge is 2.13. The molecule has 94 valence electrons. The van der Waals surface area contributed by atoms with Crippen LogP contribution in [-0.4, -0.2) is 31.6 Å². The summed E-state index contributed by atoms with van der Waals surface area (Å²) in [6.07, 6.45) is -0.473. The number of carbonyl (C=O) groups is 1. The van der Waals surface area contributed by atoms with Gasteiger partial charge in [-0.25, -0.2) is 0 Å². The maximum atomic E-state index is 11.6. The van der Waals surface area contributed by atoms with Gasteiger partial charge in [-0.3, -0.25) is 4.79 Å². The lowest BCUT2D eigenvalue weighted by atomic mass is 10.3. The van der Waals surface area contributed by atoms with Gasteiger partial charge in [-0.15, -0.1) is 0 Å². The van der Waals surface area contributed by atoms with Gasteiger partial charge in [0.1, 0.15) is 5.75 Å². The van der Waals surface area contributed by atoms with Crippen LogP contribution >= 0.6 is 0 Å². The monoisotopic (exact) mass is 236 g/mol.